The van der Waals surface area contributed by atoms with Gasteiger partial charge in [0.05, 0.1) is 20.2 Å². The maximum absolute atomic E-state index is 11.8. The van der Waals surface area contributed by atoms with Crippen LogP contribution in [0.1, 0.15) is 6.42 Å². The molecule has 1 aliphatic rings. The molecular weight excluding hydrogens is 272 g/mol. The summed E-state index contributed by atoms with van der Waals surface area (Å²) in [6.07, 6.45) is -1.06. The van der Waals surface area contributed by atoms with E-state index in [9.17, 15) is 9.59 Å². The molecule has 19 heavy (non-hydrogen) atoms. The Morgan fingerprint density at radius 1 is 1.47 bits per heavy atom. The third kappa shape index (κ3) is 5.81. The fourth-order valence-corrected chi connectivity index (χ4v) is 1.51. The summed E-state index contributed by atoms with van der Waals surface area (Å²) in [7, 11) is 5.07. The van der Waals surface area contributed by atoms with Gasteiger partial charge in [0.2, 0.25) is 0 Å². The van der Waals surface area contributed by atoms with Gasteiger partial charge in [0.25, 0.3) is 5.91 Å². The number of carbonyl (C=O) groups excluding carboxylic acids is 2. The SMILES string of the molecule is COC(=O)O[C@H]1CCN(CC#CCN(C)C)C1=O.Cl. The van der Waals surface area contributed by atoms with Crippen molar-refractivity contribution >= 4 is 24.5 Å². The topological polar surface area (TPSA) is 59.1 Å². The van der Waals surface area contributed by atoms with Crippen LogP contribution in [0, 0.1) is 11.8 Å². The van der Waals surface area contributed by atoms with Gasteiger partial charge in [0.1, 0.15) is 0 Å². The number of amides is 1. The van der Waals surface area contributed by atoms with E-state index in [2.05, 4.69) is 16.6 Å². The largest absolute Gasteiger partial charge is 0.508 e. The summed E-state index contributed by atoms with van der Waals surface area (Å²) in [5.74, 6) is 5.66. The molecule has 108 valence electrons. The van der Waals surface area contributed by atoms with Crippen molar-refractivity contribution in [1.29, 1.82) is 0 Å². The van der Waals surface area contributed by atoms with E-state index in [1.165, 1.54) is 7.11 Å². The first-order valence-corrected chi connectivity index (χ1v) is 5.68. The number of likely N-dealkylation sites (tertiary alicyclic amines) is 1. The number of methoxy groups -OCH3 is 1. The second-order valence-corrected chi connectivity index (χ2v) is 4.20. The summed E-state index contributed by atoms with van der Waals surface area (Å²) < 4.78 is 9.19. The molecule has 6 nitrogen and oxygen atoms in total. The molecule has 1 atom stereocenters. The fourth-order valence-electron chi connectivity index (χ4n) is 1.51. The van der Waals surface area contributed by atoms with Gasteiger partial charge < -0.3 is 14.4 Å². The van der Waals surface area contributed by atoms with Gasteiger partial charge in [-0.25, -0.2) is 4.79 Å². The quantitative estimate of drug-likeness (QED) is 0.555. The zero-order chi connectivity index (χ0) is 13.5. The van der Waals surface area contributed by atoms with Crippen LogP contribution in [0.2, 0.25) is 0 Å². The number of hydrogen-bond acceptors (Lipinski definition) is 5. The number of hydrogen-bond donors (Lipinski definition) is 0. The molecule has 0 aliphatic carbocycles. The maximum atomic E-state index is 11.8. The van der Waals surface area contributed by atoms with Gasteiger partial charge >= 0.3 is 6.16 Å². The highest BCUT2D eigenvalue weighted by Crippen LogP contribution is 2.14. The van der Waals surface area contributed by atoms with E-state index in [4.69, 9.17) is 4.74 Å². The third-order valence-electron chi connectivity index (χ3n) is 2.44. The van der Waals surface area contributed by atoms with E-state index >= 15 is 0 Å². The monoisotopic (exact) mass is 290 g/mol. The van der Waals surface area contributed by atoms with Crippen LogP contribution in [0.3, 0.4) is 0 Å². The molecule has 0 saturated carbocycles. The zero-order valence-corrected chi connectivity index (χ0v) is 12.2. The van der Waals surface area contributed by atoms with E-state index < -0.39 is 12.3 Å². The lowest BCUT2D eigenvalue weighted by Gasteiger charge is -2.13. The predicted molar refractivity (Wildman–Crippen MR) is 72.1 cm³/mol. The van der Waals surface area contributed by atoms with Crippen LogP contribution in [-0.2, 0) is 14.3 Å². The number of rotatable bonds is 3. The van der Waals surface area contributed by atoms with Gasteiger partial charge in [0.15, 0.2) is 6.10 Å². The Morgan fingerprint density at radius 2 is 2.16 bits per heavy atom. The van der Waals surface area contributed by atoms with Crippen molar-refractivity contribution in [2.75, 3.05) is 40.8 Å². The normalized spacial score (nSPS) is 17.6. The van der Waals surface area contributed by atoms with Crippen molar-refractivity contribution in [2.45, 2.75) is 12.5 Å². The Morgan fingerprint density at radius 3 is 2.74 bits per heavy atom. The smallest absolute Gasteiger partial charge is 0.438 e. The Kier molecular flexibility index (Phi) is 7.96. The molecule has 0 aromatic heterocycles. The molecule has 0 bridgehead atoms. The molecule has 0 aromatic rings. The van der Waals surface area contributed by atoms with E-state index in [0.29, 0.717) is 26.1 Å². The maximum Gasteiger partial charge on any atom is 0.508 e. The first kappa shape index (κ1) is 17.6. The Bertz CT molecular complexity index is 376. The predicted octanol–water partition coefficient (Wildman–Crippen LogP) is 0.357. The number of carbonyl (C=O) groups is 2. The Balaban J connectivity index is 0.00000324. The summed E-state index contributed by atoms with van der Waals surface area (Å²) in [5.41, 5.74) is 0. The molecule has 1 rings (SSSR count). The minimum Gasteiger partial charge on any atom is -0.438 e. The zero-order valence-electron chi connectivity index (χ0n) is 11.3. The highest BCUT2D eigenvalue weighted by molar-refractivity contribution is 5.85. The molecule has 0 aromatic carbocycles. The Labute approximate surface area is 119 Å². The second-order valence-electron chi connectivity index (χ2n) is 4.20. The average Bonchev–Trinajstić information content (AvgIpc) is 2.66. The molecule has 0 radical (unpaired) electrons. The van der Waals surface area contributed by atoms with Gasteiger partial charge in [0, 0.05) is 13.0 Å². The van der Waals surface area contributed by atoms with Gasteiger partial charge in [-0.05, 0) is 14.1 Å². The first-order valence-electron chi connectivity index (χ1n) is 5.68. The molecule has 1 aliphatic heterocycles. The van der Waals surface area contributed by atoms with Crippen LogP contribution < -0.4 is 0 Å². The summed E-state index contributed by atoms with van der Waals surface area (Å²) in [6, 6.07) is 0. The molecule has 1 amide bonds. The van der Waals surface area contributed by atoms with E-state index in [0.717, 1.165) is 0 Å². The van der Waals surface area contributed by atoms with Crippen molar-refractivity contribution in [2.24, 2.45) is 0 Å². The lowest BCUT2D eigenvalue weighted by Crippen LogP contribution is -2.32. The number of halogens is 1. The summed E-state index contributed by atoms with van der Waals surface area (Å²) in [5, 5.41) is 0. The minimum atomic E-state index is -0.825. The highest BCUT2D eigenvalue weighted by atomic mass is 35.5. The van der Waals surface area contributed by atoms with Gasteiger partial charge in [-0.2, -0.15) is 0 Å². The van der Waals surface area contributed by atoms with Crippen LogP contribution in [-0.4, -0.2) is 68.8 Å². The summed E-state index contributed by atoms with van der Waals surface area (Å²) in [4.78, 5) is 26.2. The van der Waals surface area contributed by atoms with Gasteiger partial charge in [-0.15, -0.1) is 12.4 Å². The first-order chi connectivity index (χ1) is 8.54. The molecule has 1 fully saturated rings. The summed E-state index contributed by atoms with van der Waals surface area (Å²) in [6.45, 7) is 1.58. The lowest BCUT2D eigenvalue weighted by molar-refractivity contribution is -0.135. The highest BCUT2D eigenvalue weighted by Gasteiger charge is 2.34. The Hall–Kier alpha value is -1.45. The van der Waals surface area contributed by atoms with Gasteiger partial charge in [-0.1, -0.05) is 11.8 Å². The molecular formula is C12H19ClN2O4. The molecule has 1 heterocycles. The molecule has 7 heteroatoms. The summed E-state index contributed by atoms with van der Waals surface area (Å²) >= 11 is 0. The standard InChI is InChI=1S/C12H18N2O4.ClH/c1-13(2)7-4-5-8-14-9-6-10(11(14)15)18-12(16)17-3;/h10H,6-9H2,1-3H3;1H/t10-;/m0./s1. The second kappa shape index (κ2) is 8.62. The van der Waals surface area contributed by atoms with Crippen molar-refractivity contribution < 1.29 is 19.1 Å². The van der Waals surface area contributed by atoms with Crippen molar-refractivity contribution in [1.82, 2.24) is 9.80 Å². The third-order valence-corrected chi connectivity index (χ3v) is 2.44. The van der Waals surface area contributed by atoms with Gasteiger partial charge in [-0.3, -0.25) is 9.69 Å². The molecule has 0 unspecified atom stereocenters. The van der Waals surface area contributed by atoms with Crippen LogP contribution in [0.25, 0.3) is 0 Å². The lowest BCUT2D eigenvalue weighted by atomic mass is 10.3. The van der Waals surface area contributed by atoms with Crippen LogP contribution >= 0.6 is 12.4 Å². The van der Waals surface area contributed by atoms with E-state index in [-0.39, 0.29) is 18.3 Å². The van der Waals surface area contributed by atoms with E-state index in [1.807, 2.05) is 19.0 Å². The molecule has 0 N–H and O–H groups in total. The van der Waals surface area contributed by atoms with Crippen molar-refractivity contribution in [3.63, 3.8) is 0 Å². The molecule has 0 spiro atoms. The van der Waals surface area contributed by atoms with Crippen molar-refractivity contribution in [3.8, 4) is 11.8 Å². The van der Waals surface area contributed by atoms with Crippen LogP contribution in [0.15, 0.2) is 0 Å². The fraction of sp³-hybridized carbons (Fsp3) is 0.667. The average molecular weight is 291 g/mol. The number of nitrogens with zero attached hydrogens (tertiary/aromatic N) is 2. The number of ether oxygens (including phenoxy) is 2. The van der Waals surface area contributed by atoms with Crippen LogP contribution in [0.4, 0.5) is 4.79 Å². The van der Waals surface area contributed by atoms with Crippen molar-refractivity contribution in [3.05, 3.63) is 0 Å². The van der Waals surface area contributed by atoms with E-state index in [1.54, 1.807) is 4.90 Å². The van der Waals surface area contributed by atoms with Crippen LogP contribution in [0.5, 0.6) is 0 Å². The minimum absolute atomic E-state index is 0. The molecule has 1 saturated heterocycles.